The molecule has 0 unspecified atom stereocenters. The number of benzene rings is 3. The number of hydrogen-bond acceptors (Lipinski definition) is 5. The SMILES string of the molecule is COc1cccc([C@@H](C)NC(=O)c2ccc(Nc3cc(-c4cccc(F)c4)ncn3)cc2)c1. The third-order valence-electron chi connectivity index (χ3n) is 5.15. The van der Waals surface area contributed by atoms with Gasteiger partial charge < -0.3 is 15.4 Å². The molecule has 1 heterocycles. The minimum atomic E-state index is -0.324. The van der Waals surface area contributed by atoms with Crippen molar-refractivity contribution in [1.29, 1.82) is 0 Å². The van der Waals surface area contributed by atoms with Crippen molar-refractivity contribution < 1.29 is 13.9 Å². The summed E-state index contributed by atoms with van der Waals surface area (Å²) in [6, 6.07) is 22.5. The summed E-state index contributed by atoms with van der Waals surface area (Å²) in [5.41, 5.74) is 3.53. The van der Waals surface area contributed by atoms with E-state index >= 15 is 0 Å². The van der Waals surface area contributed by atoms with Gasteiger partial charge in [-0.25, -0.2) is 14.4 Å². The van der Waals surface area contributed by atoms with Crippen molar-refractivity contribution in [3.63, 3.8) is 0 Å². The summed E-state index contributed by atoms with van der Waals surface area (Å²) in [6.07, 6.45) is 1.42. The number of rotatable bonds is 7. The molecule has 2 N–H and O–H groups in total. The number of aromatic nitrogens is 2. The first-order valence-electron chi connectivity index (χ1n) is 10.4. The van der Waals surface area contributed by atoms with Crippen LogP contribution in [0.4, 0.5) is 15.9 Å². The summed E-state index contributed by atoms with van der Waals surface area (Å²) in [6.45, 7) is 1.92. The quantitative estimate of drug-likeness (QED) is 0.394. The number of anilines is 2. The van der Waals surface area contributed by atoms with Gasteiger partial charge in [-0.15, -0.1) is 0 Å². The van der Waals surface area contributed by atoms with Gasteiger partial charge >= 0.3 is 0 Å². The third kappa shape index (κ3) is 5.51. The van der Waals surface area contributed by atoms with E-state index in [-0.39, 0.29) is 17.8 Å². The highest BCUT2D eigenvalue weighted by atomic mass is 19.1. The molecule has 3 aromatic carbocycles. The molecule has 0 fully saturated rings. The van der Waals surface area contributed by atoms with Gasteiger partial charge in [0.2, 0.25) is 0 Å². The smallest absolute Gasteiger partial charge is 0.251 e. The fourth-order valence-corrected chi connectivity index (χ4v) is 3.36. The van der Waals surface area contributed by atoms with E-state index in [4.69, 9.17) is 4.74 Å². The second-order valence-corrected chi connectivity index (χ2v) is 7.47. The van der Waals surface area contributed by atoms with Gasteiger partial charge in [0.15, 0.2) is 0 Å². The van der Waals surface area contributed by atoms with Crippen LogP contribution in [0.2, 0.25) is 0 Å². The van der Waals surface area contributed by atoms with Crippen LogP contribution in [0.3, 0.4) is 0 Å². The lowest BCUT2D eigenvalue weighted by molar-refractivity contribution is 0.0940. The number of amides is 1. The van der Waals surface area contributed by atoms with Crippen LogP contribution < -0.4 is 15.4 Å². The Balaban J connectivity index is 1.42. The van der Waals surface area contributed by atoms with Gasteiger partial charge in [-0.2, -0.15) is 0 Å². The standard InChI is InChI=1S/C26H23FN4O2/c1-17(19-5-4-8-23(14-19)33-2)30-26(32)18-9-11-22(12-10-18)31-25-15-24(28-16-29-25)20-6-3-7-21(27)13-20/h3-17H,1-2H3,(H,30,32)(H,28,29,31)/t17-/m1/s1. The molecule has 7 heteroatoms. The molecule has 0 spiro atoms. The fraction of sp³-hybridized carbons (Fsp3) is 0.115. The van der Waals surface area contributed by atoms with E-state index in [1.165, 1.54) is 18.5 Å². The number of methoxy groups -OCH3 is 1. The van der Waals surface area contributed by atoms with Crippen molar-refractivity contribution in [3.8, 4) is 17.0 Å². The largest absolute Gasteiger partial charge is 0.497 e. The van der Waals surface area contributed by atoms with Crippen LogP contribution in [0.25, 0.3) is 11.3 Å². The van der Waals surface area contributed by atoms with E-state index in [1.807, 2.05) is 31.2 Å². The van der Waals surface area contributed by atoms with E-state index in [2.05, 4.69) is 20.6 Å². The van der Waals surface area contributed by atoms with E-state index < -0.39 is 0 Å². The topological polar surface area (TPSA) is 76.1 Å². The Morgan fingerprint density at radius 3 is 2.52 bits per heavy atom. The molecule has 4 rings (SSSR count). The number of halogens is 1. The second kappa shape index (κ2) is 9.91. The number of nitrogens with zero attached hydrogens (tertiary/aromatic N) is 2. The predicted octanol–water partition coefficient (Wildman–Crippen LogP) is 5.53. The van der Waals surface area contributed by atoms with Gasteiger partial charge in [0, 0.05) is 22.9 Å². The van der Waals surface area contributed by atoms with Gasteiger partial charge in [-0.1, -0.05) is 24.3 Å². The van der Waals surface area contributed by atoms with Gasteiger partial charge in [-0.05, 0) is 61.0 Å². The van der Waals surface area contributed by atoms with Crippen molar-refractivity contribution in [1.82, 2.24) is 15.3 Å². The zero-order valence-electron chi connectivity index (χ0n) is 18.2. The molecule has 166 valence electrons. The van der Waals surface area contributed by atoms with Crippen molar-refractivity contribution in [2.45, 2.75) is 13.0 Å². The average Bonchev–Trinajstić information content (AvgIpc) is 2.84. The summed E-state index contributed by atoms with van der Waals surface area (Å²) in [5.74, 6) is 0.810. The Kier molecular flexibility index (Phi) is 6.59. The lowest BCUT2D eigenvalue weighted by atomic mass is 10.1. The summed E-state index contributed by atoms with van der Waals surface area (Å²) < 4.78 is 18.8. The maximum Gasteiger partial charge on any atom is 0.251 e. The van der Waals surface area contributed by atoms with E-state index in [0.29, 0.717) is 22.6 Å². The van der Waals surface area contributed by atoms with Crippen LogP contribution in [0.1, 0.15) is 28.9 Å². The first-order valence-corrected chi connectivity index (χ1v) is 10.4. The molecule has 0 aliphatic rings. The number of carbonyl (C=O) groups is 1. The highest BCUT2D eigenvalue weighted by Crippen LogP contribution is 2.23. The molecule has 4 aromatic rings. The zero-order chi connectivity index (χ0) is 23.2. The highest BCUT2D eigenvalue weighted by molar-refractivity contribution is 5.94. The zero-order valence-corrected chi connectivity index (χ0v) is 18.2. The van der Waals surface area contributed by atoms with Gasteiger partial charge in [0.25, 0.3) is 5.91 Å². The Bertz CT molecular complexity index is 1260. The number of nitrogens with one attached hydrogen (secondary N) is 2. The first-order chi connectivity index (χ1) is 16.0. The monoisotopic (exact) mass is 442 g/mol. The van der Waals surface area contributed by atoms with Gasteiger partial charge in [0.05, 0.1) is 18.8 Å². The fourth-order valence-electron chi connectivity index (χ4n) is 3.36. The minimum Gasteiger partial charge on any atom is -0.497 e. The Labute approximate surface area is 191 Å². The van der Waals surface area contributed by atoms with E-state index in [1.54, 1.807) is 49.6 Å². The number of carbonyl (C=O) groups excluding carboxylic acids is 1. The van der Waals surface area contributed by atoms with Crippen molar-refractivity contribution in [3.05, 3.63) is 102 Å². The molecule has 1 amide bonds. The van der Waals surface area contributed by atoms with E-state index in [0.717, 1.165) is 17.0 Å². The molecular weight excluding hydrogens is 419 g/mol. The Morgan fingerprint density at radius 1 is 0.970 bits per heavy atom. The molecule has 0 bridgehead atoms. The van der Waals surface area contributed by atoms with Gasteiger partial charge in [-0.3, -0.25) is 4.79 Å². The maximum atomic E-state index is 13.5. The summed E-state index contributed by atoms with van der Waals surface area (Å²) >= 11 is 0. The van der Waals surface area contributed by atoms with Crippen LogP contribution in [-0.2, 0) is 0 Å². The lowest BCUT2D eigenvalue weighted by Gasteiger charge is -2.15. The predicted molar refractivity (Wildman–Crippen MR) is 126 cm³/mol. The van der Waals surface area contributed by atoms with Crippen molar-refractivity contribution in [2.75, 3.05) is 12.4 Å². The van der Waals surface area contributed by atoms with Crippen LogP contribution in [0.5, 0.6) is 5.75 Å². The molecule has 1 aromatic heterocycles. The molecule has 6 nitrogen and oxygen atoms in total. The molecule has 0 aliphatic carbocycles. The Hall–Kier alpha value is -4.26. The van der Waals surface area contributed by atoms with E-state index in [9.17, 15) is 9.18 Å². The second-order valence-electron chi connectivity index (χ2n) is 7.47. The third-order valence-corrected chi connectivity index (χ3v) is 5.15. The summed E-state index contributed by atoms with van der Waals surface area (Å²) in [7, 11) is 1.61. The van der Waals surface area contributed by atoms with Gasteiger partial charge in [0.1, 0.15) is 23.7 Å². The minimum absolute atomic E-state index is 0.173. The molecule has 0 saturated heterocycles. The van der Waals surface area contributed by atoms with Crippen LogP contribution in [0.15, 0.2) is 85.2 Å². The summed E-state index contributed by atoms with van der Waals surface area (Å²) in [5, 5.41) is 6.18. The molecular formula is C26H23FN4O2. The normalized spacial score (nSPS) is 11.5. The summed E-state index contributed by atoms with van der Waals surface area (Å²) in [4.78, 5) is 21.1. The van der Waals surface area contributed by atoms with Crippen molar-refractivity contribution >= 4 is 17.4 Å². The highest BCUT2D eigenvalue weighted by Gasteiger charge is 2.12. The molecule has 0 aliphatic heterocycles. The van der Waals surface area contributed by atoms with Crippen molar-refractivity contribution in [2.24, 2.45) is 0 Å². The van der Waals surface area contributed by atoms with Crippen LogP contribution in [-0.4, -0.2) is 23.0 Å². The molecule has 33 heavy (non-hydrogen) atoms. The Morgan fingerprint density at radius 2 is 1.76 bits per heavy atom. The van der Waals surface area contributed by atoms with Crippen LogP contribution >= 0.6 is 0 Å². The molecule has 0 radical (unpaired) electrons. The first kappa shape index (κ1) is 22.0. The molecule has 1 atom stereocenters. The lowest BCUT2D eigenvalue weighted by Crippen LogP contribution is -2.26. The number of ether oxygens (including phenoxy) is 1. The maximum absolute atomic E-state index is 13.5. The van der Waals surface area contributed by atoms with Crippen LogP contribution in [0, 0.1) is 5.82 Å². The molecule has 0 saturated carbocycles. The average molecular weight is 442 g/mol. The number of hydrogen-bond donors (Lipinski definition) is 2.